The molecule has 0 aromatic heterocycles. The molecule has 0 heterocycles. The maximum Gasteiger partial charge on any atom is 0.0857 e. The Morgan fingerprint density at radius 3 is 2.21 bits per heavy atom. The van der Waals surface area contributed by atoms with Gasteiger partial charge < -0.3 is 4.74 Å². The Labute approximate surface area is 177 Å². The third kappa shape index (κ3) is 14.4. The highest BCUT2D eigenvalue weighted by atomic mass is 16.5. The molecule has 0 spiro atoms. The van der Waals surface area contributed by atoms with E-state index in [-0.39, 0.29) is 0 Å². The van der Waals surface area contributed by atoms with Crippen molar-refractivity contribution in [1.29, 1.82) is 0 Å². The molecule has 0 bridgehead atoms. The van der Waals surface area contributed by atoms with Crippen LogP contribution in [-0.2, 0) is 4.74 Å². The van der Waals surface area contributed by atoms with E-state index in [1.54, 1.807) is 0 Å². The minimum atomic E-state index is 0.409. The molecule has 0 N–H and O–H groups in total. The minimum Gasteiger partial charge on any atom is -0.499 e. The highest BCUT2D eigenvalue weighted by molar-refractivity contribution is 5.36. The highest BCUT2D eigenvalue weighted by Crippen LogP contribution is 2.37. The van der Waals surface area contributed by atoms with Crippen molar-refractivity contribution in [1.82, 2.24) is 0 Å². The Balaban J connectivity index is 0. The summed E-state index contributed by atoms with van der Waals surface area (Å²) in [6.07, 6.45) is 6.12. The van der Waals surface area contributed by atoms with Crippen LogP contribution in [0.1, 0.15) is 98.6 Å². The largest absolute Gasteiger partial charge is 0.499 e. The van der Waals surface area contributed by atoms with E-state index in [2.05, 4.69) is 77.3 Å². The summed E-state index contributed by atoms with van der Waals surface area (Å²) in [7, 11) is 0. The molecule has 1 atom stereocenters. The molecule has 0 fully saturated rings. The molecule has 0 saturated heterocycles. The maximum absolute atomic E-state index is 4.85. The molecular weight excluding hydrogens is 340 g/mol. The van der Waals surface area contributed by atoms with Crippen LogP contribution in [0.4, 0.5) is 0 Å². The lowest BCUT2D eigenvalue weighted by atomic mass is 9.72. The van der Waals surface area contributed by atoms with Gasteiger partial charge in [-0.05, 0) is 62.6 Å². The summed E-state index contributed by atoms with van der Waals surface area (Å²) in [5.41, 5.74) is 2.84. The van der Waals surface area contributed by atoms with Gasteiger partial charge in [0, 0.05) is 12.0 Å². The number of benzene rings is 1. The molecule has 1 aromatic carbocycles. The van der Waals surface area contributed by atoms with Gasteiger partial charge in [-0.25, -0.2) is 0 Å². The highest BCUT2D eigenvalue weighted by Gasteiger charge is 2.26. The molecule has 0 amide bonds. The molecular formula is C27H46O. The van der Waals surface area contributed by atoms with Crippen molar-refractivity contribution in [2.45, 2.75) is 94.4 Å². The molecule has 28 heavy (non-hydrogen) atoms. The normalized spacial score (nSPS) is 10.9. The van der Waals surface area contributed by atoms with Gasteiger partial charge in [-0.15, -0.1) is 0 Å². The fourth-order valence-electron chi connectivity index (χ4n) is 3.21. The molecule has 1 unspecified atom stereocenters. The molecule has 0 radical (unpaired) electrons. The fraction of sp³-hybridized carbons (Fsp3) is 0.630. The van der Waals surface area contributed by atoms with E-state index in [1.165, 1.54) is 31.2 Å². The summed E-state index contributed by atoms with van der Waals surface area (Å²) in [5.74, 6) is 8.27. The van der Waals surface area contributed by atoms with Crippen LogP contribution < -0.4 is 0 Å². The lowest BCUT2D eigenvalue weighted by Gasteiger charge is -2.33. The quantitative estimate of drug-likeness (QED) is 0.321. The third-order valence-electron chi connectivity index (χ3n) is 4.63. The summed E-state index contributed by atoms with van der Waals surface area (Å²) in [4.78, 5) is 0. The summed E-state index contributed by atoms with van der Waals surface area (Å²) in [5, 5.41) is 0. The van der Waals surface area contributed by atoms with E-state index < -0.39 is 0 Å². The predicted octanol–water partition coefficient (Wildman–Crippen LogP) is 8.56. The molecule has 1 heteroatoms. The second-order valence-electron chi connectivity index (χ2n) is 7.73. The van der Waals surface area contributed by atoms with E-state index >= 15 is 0 Å². The van der Waals surface area contributed by atoms with E-state index in [1.807, 2.05) is 27.7 Å². The van der Waals surface area contributed by atoms with Crippen LogP contribution in [0.5, 0.6) is 0 Å². The molecule has 160 valence electrons. The van der Waals surface area contributed by atoms with Crippen LogP contribution in [0, 0.1) is 30.1 Å². The van der Waals surface area contributed by atoms with Crippen LogP contribution in [0.2, 0.25) is 0 Å². The standard InChI is InChI=1S/C20H30.C5H10O.C2H6/c1-6-10-19(20(4,5)15-7-2)14-9-13-18-12-8-11-17(3)16-18;1-4-6-5(2)3;1-2/h8,11-12,16,19H,6-7,10,14-15H2,1-5H3;2,4H2,1,3H3;1-2H3. The monoisotopic (exact) mass is 386 g/mol. The van der Waals surface area contributed by atoms with Gasteiger partial charge in [0.25, 0.3) is 0 Å². The van der Waals surface area contributed by atoms with Crippen molar-refractivity contribution < 1.29 is 4.74 Å². The van der Waals surface area contributed by atoms with Gasteiger partial charge in [0.1, 0.15) is 0 Å². The molecule has 1 aromatic rings. The predicted molar refractivity (Wildman–Crippen MR) is 128 cm³/mol. The third-order valence-corrected chi connectivity index (χ3v) is 4.63. The first-order valence-electron chi connectivity index (χ1n) is 11.1. The Morgan fingerprint density at radius 2 is 1.79 bits per heavy atom. The molecule has 0 aliphatic heterocycles. The van der Waals surface area contributed by atoms with Gasteiger partial charge >= 0.3 is 0 Å². The Hall–Kier alpha value is -1.68. The Bertz CT molecular complexity index is 571. The Kier molecular flexibility index (Phi) is 17.7. The fourth-order valence-corrected chi connectivity index (χ4v) is 3.21. The first-order chi connectivity index (χ1) is 13.3. The second-order valence-corrected chi connectivity index (χ2v) is 7.73. The van der Waals surface area contributed by atoms with Crippen LogP contribution in [0.25, 0.3) is 0 Å². The Morgan fingerprint density at radius 1 is 1.14 bits per heavy atom. The molecule has 0 aliphatic rings. The average Bonchev–Trinajstić information content (AvgIpc) is 2.63. The zero-order valence-corrected chi connectivity index (χ0v) is 20.2. The van der Waals surface area contributed by atoms with E-state index in [4.69, 9.17) is 4.74 Å². The van der Waals surface area contributed by atoms with Crippen molar-refractivity contribution in [3.8, 4) is 11.8 Å². The maximum atomic E-state index is 4.85. The van der Waals surface area contributed by atoms with E-state index in [9.17, 15) is 0 Å². The van der Waals surface area contributed by atoms with Crippen LogP contribution in [0.3, 0.4) is 0 Å². The number of ether oxygens (including phenoxy) is 1. The van der Waals surface area contributed by atoms with Gasteiger partial charge in [-0.3, -0.25) is 0 Å². The average molecular weight is 387 g/mol. The van der Waals surface area contributed by atoms with E-state index in [0.717, 1.165) is 24.4 Å². The topological polar surface area (TPSA) is 9.23 Å². The zero-order valence-electron chi connectivity index (χ0n) is 20.2. The lowest BCUT2D eigenvalue weighted by molar-refractivity contribution is 0.184. The van der Waals surface area contributed by atoms with Gasteiger partial charge in [-0.1, -0.05) is 84.9 Å². The molecule has 1 rings (SSSR count). The number of allylic oxidation sites excluding steroid dienone is 1. The number of aryl methyl sites for hydroxylation is 1. The van der Waals surface area contributed by atoms with Gasteiger partial charge in [-0.2, -0.15) is 0 Å². The van der Waals surface area contributed by atoms with Crippen LogP contribution in [0.15, 0.2) is 36.6 Å². The van der Waals surface area contributed by atoms with Crippen LogP contribution >= 0.6 is 0 Å². The first-order valence-corrected chi connectivity index (χ1v) is 11.1. The van der Waals surface area contributed by atoms with E-state index in [0.29, 0.717) is 11.3 Å². The molecule has 1 nitrogen and oxygen atoms in total. The number of hydrogen-bond acceptors (Lipinski definition) is 1. The summed E-state index contributed by atoms with van der Waals surface area (Å²) < 4.78 is 4.85. The number of rotatable bonds is 8. The molecule has 0 saturated carbocycles. The first kappa shape index (κ1) is 28.5. The number of hydrogen-bond donors (Lipinski definition) is 0. The van der Waals surface area contributed by atoms with Crippen molar-refractivity contribution in [2.24, 2.45) is 11.3 Å². The van der Waals surface area contributed by atoms with Crippen molar-refractivity contribution in [3.05, 3.63) is 47.7 Å². The summed E-state index contributed by atoms with van der Waals surface area (Å²) in [6, 6.07) is 8.48. The second kappa shape index (κ2) is 17.4. The summed E-state index contributed by atoms with van der Waals surface area (Å²) >= 11 is 0. The van der Waals surface area contributed by atoms with Crippen molar-refractivity contribution >= 4 is 0 Å². The smallest absolute Gasteiger partial charge is 0.0857 e. The SMILES string of the molecule is C=C(C)OCC.CC.CCCC(CC#Cc1cccc(C)c1)C(C)(C)CCC. The van der Waals surface area contributed by atoms with Crippen molar-refractivity contribution in [2.75, 3.05) is 6.61 Å². The summed E-state index contributed by atoms with van der Waals surface area (Å²) in [6.45, 7) is 23.5. The van der Waals surface area contributed by atoms with Gasteiger partial charge in [0.2, 0.25) is 0 Å². The zero-order chi connectivity index (χ0) is 22.0. The van der Waals surface area contributed by atoms with Gasteiger partial charge in [0.15, 0.2) is 0 Å². The van der Waals surface area contributed by atoms with Crippen molar-refractivity contribution in [3.63, 3.8) is 0 Å². The van der Waals surface area contributed by atoms with Crippen LogP contribution in [-0.4, -0.2) is 6.61 Å². The minimum absolute atomic E-state index is 0.409. The van der Waals surface area contributed by atoms with Gasteiger partial charge in [0.05, 0.1) is 12.4 Å². The molecule has 0 aliphatic carbocycles. The lowest BCUT2D eigenvalue weighted by Crippen LogP contribution is -2.23.